The number of nitrogens with one attached hydrogen (secondary N) is 1. The van der Waals surface area contributed by atoms with Crippen molar-refractivity contribution < 1.29 is 15.0 Å². The van der Waals surface area contributed by atoms with E-state index in [1.54, 1.807) is 0 Å². The third kappa shape index (κ3) is 42.1. The van der Waals surface area contributed by atoms with Gasteiger partial charge in [0.2, 0.25) is 5.91 Å². The van der Waals surface area contributed by atoms with Gasteiger partial charge in [0, 0.05) is 6.42 Å². The Morgan fingerprint density at radius 3 is 1.04 bits per heavy atom. The van der Waals surface area contributed by atoms with Crippen molar-refractivity contribution in [2.45, 2.75) is 289 Å². The molecule has 0 aromatic carbocycles. The minimum absolute atomic E-state index is 0.0295. The summed E-state index contributed by atoms with van der Waals surface area (Å²) >= 11 is 0. The van der Waals surface area contributed by atoms with Gasteiger partial charge >= 0.3 is 0 Å². The summed E-state index contributed by atoms with van der Waals surface area (Å²) in [6, 6.07) is -0.529. The number of hydrogen-bond acceptors (Lipinski definition) is 3. The van der Waals surface area contributed by atoms with Gasteiger partial charge < -0.3 is 15.5 Å². The Labute approximate surface area is 333 Å². The molecule has 0 saturated heterocycles. The smallest absolute Gasteiger partial charge is 0.220 e. The predicted octanol–water partition coefficient (Wildman–Crippen LogP) is 15.4. The van der Waals surface area contributed by atoms with E-state index in [0.29, 0.717) is 12.8 Å². The summed E-state index contributed by atoms with van der Waals surface area (Å²) in [6.45, 7) is 4.34. The number of allylic oxidation sites excluding steroid dienone is 2. The number of carbonyl (C=O) groups is 1. The molecule has 0 rings (SSSR count). The molecule has 3 N–H and O–H groups in total. The summed E-state index contributed by atoms with van der Waals surface area (Å²) in [6.07, 6.45) is 57.7. The van der Waals surface area contributed by atoms with Crippen molar-refractivity contribution in [2.24, 2.45) is 0 Å². The van der Waals surface area contributed by atoms with Crippen LogP contribution >= 0.6 is 0 Å². The molecular weight excluding hydrogens is 651 g/mol. The van der Waals surface area contributed by atoms with Crippen LogP contribution in [0.2, 0.25) is 0 Å². The Morgan fingerprint density at radius 1 is 0.434 bits per heavy atom. The highest BCUT2D eigenvalue weighted by molar-refractivity contribution is 5.76. The van der Waals surface area contributed by atoms with Crippen LogP contribution in [0.15, 0.2) is 12.2 Å². The molecule has 0 aromatic rings. The molecule has 0 heterocycles. The van der Waals surface area contributed by atoms with Crippen LogP contribution in [0, 0.1) is 0 Å². The van der Waals surface area contributed by atoms with Crippen molar-refractivity contribution in [1.29, 1.82) is 0 Å². The predicted molar refractivity (Wildman–Crippen MR) is 235 cm³/mol. The quantitative estimate of drug-likeness (QED) is 0.0429. The van der Waals surface area contributed by atoms with Crippen molar-refractivity contribution in [3.8, 4) is 0 Å². The van der Waals surface area contributed by atoms with Crippen LogP contribution in [0.4, 0.5) is 0 Å². The molecular formula is C49H97NO3. The third-order valence-electron chi connectivity index (χ3n) is 11.5. The fraction of sp³-hybridized carbons (Fsp3) is 0.939. The van der Waals surface area contributed by atoms with Crippen LogP contribution in [-0.2, 0) is 4.79 Å². The van der Waals surface area contributed by atoms with Crippen LogP contribution in [0.1, 0.15) is 277 Å². The minimum atomic E-state index is -0.652. The van der Waals surface area contributed by atoms with Crippen LogP contribution in [0.5, 0.6) is 0 Å². The third-order valence-corrected chi connectivity index (χ3v) is 11.5. The molecule has 0 saturated carbocycles. The summed E-state index contributed by atoms with van der Waals surface area (Å²) < 4.78 is 0. The molecule has 2 unspecified atom stereocenters. The monoisotopic (exact) mass is 748 g/mol. The van der Waals surface area contributed by atoms with Gasteiger partial charge in [-0.2, -0.15) is 0 Å². The zero-order valence-corrected chi connectivity index (χ0v) is 36.3. The molecule has 1 amide bonds. The molecule has 2 atom stereocenters. The zero-order chi connectivity index (χ0) is 38.6. The van der Waals surface area contributed by atoms with Gasteiger partial charge in [-0.15, -0.1) is 0 Å². The van der Waals surface area contributed by atoms with E-state index in [1.165, 1.54) is 225 Å². The van der Waals surface area contributed by atoms with Gasteiger partial charge in [-0.05, 0) is 38.5 Å². The molecule has 0 spiro atoms. The van der Waals surface area contributed by atoms with Crippen molar-refractivity contribution in [3.63, 3.8) is 0 Å². The van der Waals surface area contributed by atoms with Crippen molar-refractivity contribution in [3.05, 3.63) is 12.2 Å². The van der Waals surface area contributed by atoms with Crippen molar-refractivity contribution >= 4 is 5.91 Å². The van der Waals surface area contributed by atoms with E-state index in [9.17, 15) is 15.0 Å². The normalized spacial score (nSPS) is 12.9. The molecule has 0 aliphatic carbocycles. The molecule has 0 bridgehead atoms. The van der Waals surface area contributed by atoms with E-state index in [4.69, 9.17) is 0 Å². The van der Waals surface area contributed by atoms with Crippen molar-refractivity contribution in [2.75, 3.05) is 6.61 Å². The number of carbonyl (C=O) groups excluding carboxylic acids is 1. The highest BCUT2D eigenvalue weighted by atomic mass is 16.3. The molecule has 316 valence electrons. The second-order valence-corrected chi connectivity index (χ2v) is 16.9. The summed E-state index contributed by atoms with van der Waals surface area (Å²) in [4.78, 5) is 12.4. The topological polar surface area (TPSA) is 69.6 Å². The zero-order valence-electron chi connectivity index (χ0n) is 36.3. The van der Waals surface area contributed by atoms with Gasteiger partial charge in [-0.1, -0.05) is 244 Å². The van der Waals surface area contributed by atoms with Gasteiger partial charge in [0.25, 0.3) is 0 Å². The Hall–Kier alpha value is -0.870. The lowest BCUT2D eigenvalue weighted by atomic mass is 10.0. The molecule has 0 aromatic heterocycles. The van der Waals surface area contributed by atoms with Gasteiger partial charge in [-0.25, -0.2) is 0 Å². The van der Waals surface area contributed by atoms with E-state index in [-0.39, 0.29) is 12.5 Å². The second kappa shape index (κ2) is 45.5. The van der Waals surface area contributed by atoms with Crippen LogP contribution in [0.25, 0.3) is 0 Å². The van der Waals surface area contributed by atoms with E-state index in [0.717, 1.165) is 25.7 Å². The number of rotatable bonds is 45. The van der Waals surface area contributed by atoms with Gasteiger partial charge in [0.1, 0.15) is 0 Å². The van der Waals surface area contributed by atoms with Crippen LogP contribution in [0.3, 0.4) is 0 Å². The van der Waals surface area contributed by atoms with Crippen LogP contribution < -0.4 is 5.32 Å². The first kappa shape index (κ1) is 52.1. The van der Waals surface area contributed by atoms with Gasteiger partial charge in [-0.3, -0.25) is 4.79 Å². The lowest BCUT2D eigenvalue weighted by Gasteiger charge is -2.22. The van der Waals surface area contributed by atoms with E-state index < -0.39 is 12.1 Å². The first-order valence-electron chi connectivity index (χ1n) is 24.4. The number of amides is 1. The maximum atomic E-state index is 12.4. The van der Waals surface area contributed by atoms with E-state index >= 15 is 0 Å². The average molecular weight is 748 g/mol. The highest BCUT2D eigenvalue weighted by Crippen LogP contribution is 2.17. The van der Waals surface area contributed by atoms with Gasteiger partial charge in [0.15, 0.2) is 0 Å². The number of unbranched alkanes of at least 4 members (excludes halogenated alkanes) is 36. The number of aliphatic hydroxyl groups excluding tert-OH is 2. The maximum Gasteiger partial charge on any atom is 0.220 e. The number of aliphatic hydroxyl groups is 2. The van der Waals surface area contributed by atoms with Crippen molar-refractivity contribution in [1.82, 2.24) is 5.32 Å². The number of hydrogen-bond donors (Lipinski definition) is 3. The lowest BCUT2D eigenvalue weighted by Crippen LogP contribution is -2.45. The summed E-state index contributed by atoms with van der Waals surface area (Å²) in [5, 5.41) is 23.0. The standard InChI is InChI=1S/C49H97NO3/c1-3-5-7-9-11-13-14-15-16-17-18-19-20-21-22-23-24-25-26-27-28-29-30-31-32-33-34-35-36-37-39-41-43-45-49(53)50-47(46-51)48(52)44-42-40-38-12-10-8-6-4-2/h17-18,47-48,51-52H,3-16,19-46H2,1-2H3,(H,50,53)/b18-17-. The largest absolute Gasteiger partial charge is 0.394 e. The van der Waals surface area contributed by atoms with E-state index in [1.807, 2.05) is 0 Å². The minimum Gasteiger partial charge on any atom is -0.394 e. The molecule has 0 radical (unpaired) electrons. The Kier molecular flexibility index (Phi) is 44.8. The maximum absolute atomic E-state index is 12.4. The Balaban J connectivity index is 3.33. The SMILES string of the molecule is CCCCCCCCCC/C=C\CCCCCCCCCCCCCCCCCCCCCCCC(=O)NC(CO)C(O)CCCCCCCCCC. The van der Waals surface area contributed by atoms with Crippen LogP contribution in [-0.4, -0.2) is 34.9 Å². The lowest BCUT2D eigenvalue weighted by molar-refractivity contribution is -0.123. The molecule has 4 nitrogen and oxygen atoms in total. The van der Waals surface area contributed by atoms with E-state index in [2.05, 4.69) is 31.3 Å². The fourth-order valence-electron chi connectivity index (χ4n) is 7.77. The summed E-state index contributed by atoms with van der Waals surface area (Å²) in [7, 11) is 0. The average Bonchev–Trinajstić information content (AvgIpc) is 3.16. The highest BCUT2D eigenvalue weighted by Gasteiger charge is 2.20. The molecule has 0 fully saturated rings. The Morgan fingerprint density at radius 2 is 0.717 bits per heavy atom. The first-order valence-corrected chi connectivity index (χ1v) is 24.4. The fourth-order valence-corrected chi connectivity index (χ4v) is 7.77. The second-order valence-electron chi connectivity index (χ2n) is 16.9. The summed E-state index contributed by atoms with van der Waals surface area (Å²) in [5.74, 6) is -0.0295. The molecule has 0 aliphatic rings. The molecule has 4 heteroatoms. The Bertz CT molecular complexity index is 725. The van der Waals surface area contributed by atoms with Gasteiger partial charge in [0.05, 0.1) is 18.8 Å². The first-order chi connectivity index (χ1) is 26.2. The summed E-state index contributed by atoms with van der Waals surface area (Å²) in [5.41, 5.74) is 0. The molecule has 0 aliphatic heterocycles. The molecule has 53 heavy (non-hydrogen) atoms.